The molecule has 7 nitrogen and oxygen atoms in total. The molecule has 0 amide bonds. The van der Waals surface area contributed by atoms with E-state index in [4.69, 9.17) is 4.74 Å². The lowest BCUT2D eigenvalue weighted by Crippen LogP contribution is -2.40. The summed E-state index contributed by atoms with van der Waals surface area (Å²) >= 11 is 0. The van der Waals surface area contributed by atoms with Gasteiger partial charge in [-0.1, -0.05) is 6.07 Å². The minimum Gasteiger partial charge on any atom is -0.474 e. The monoisotopic (exact) mass is 350 g/mol. The number of hydrogen-bond donors (Lipinski definition) is 2. The molecule has 2 heterocycles. The van der Waals surface area contributed by atoms with Crippen molar-refractivity contribution >= 4 is 10.0 Å². The number of aryl methyl sites for hydroxylation is 2. The topological polar surface area (TPSA) is 97.0 Å². The highest BCUT2D eigenvalue weighted by Crippen LogP contribution is 2.25. The second kappa shape index (κ2) is 6.90. The summed E-state index contributed by atoms with van der Waals surface area (Å²) in [4.78, 5) is 4.42. The molecule has 0 spiro atoms. The Morgan fingerprint density at radius 3 is 2.54 bits per heavy atom. The van der Waals surface area contributed by atoms with Crippen molar-refractivity contribution in [1.29, 1.82) is 0 Å². The molecule has 2 aromatic heterocycles. The second-order valence-corrected chi connectivity index (χ2v) is 7.79. The summed E-state index contributed by atoms with van der Waals surface area (Å²) in [6, 6.07) is 5.49. The van der Waals surface area contributed by atoms with Crippen LogP contribution in [-0.2, 0) is 10.0 Å². The molecule has 1 aliphatic carbocycles. The maximum Gasteiger partial charge on any atom is 0.244 e. The van der Waals surface area contributed by atoms with E-state index in [1.165, 1.54) is 0 Å². The fourth-order valence-electron chi connectivity index (χ4n) is 3.10. The lowest BCUT2D eigenvalue weighted by atomic mass is 9.94. The van der Waals surface area contributed by atoms with Gasteiger partial charge in [-0.15, -0.1) is 0 Å². The molecule has 1 aliphatic rings. The molecule has 1 fully saturated rings. The number of pyridine rings is 1. The van der Waals surface area contributed by atoms with Crippen LogP contribution in [-0.4, -0.2) is 35.7 Å². The first-order valence-electron chi connectivity index (χ1n) is 8.07. The van der Waals surface area contributed by atoms with Gasteiger partial charge < -0.3 is 4.74 Å². The van der Waals surface area contributed by atoms with Crippen molar-refractivity contribution in [2.45, 2.75) is 56.6 Å². The molecule has 0 aromatic carbocycles. The van der Waals surface area contributed by atoms with Gasteiger partial charge in [0.25, 0.3) is 0 Å². The van der Waals surface area contributed by atoms with Gasteiger partial charge in [0.1, 0.15) is 11.0 Å². The average molecular weight is 350 g/mol. The Kier molecular flexibility index (Phi) is 4.86. The third-order valence-electron chi connectivity index (χ3n) is 4.25. The molecule has 0 atom stereocenters. The van der Waals surface area contributed by atoms with E-state index in [1.807, 2.05) is 18.2 Å². The Labute approximate surface area is 141 Å². The molecule has 0 bridgehead atoms. The maximum absolute atomic E-state index is 12.6. The summed E-state index contributed by atoms with van der Waals surface area (Å²) in [5.41, 5.74) is 1.05. The smallest absolute Gasteiger partial charge is 0.244 e. The fraction of sp³-hybridized carbons (Fsp3) is 0.500. The zero-order valence-corrected chi connectivity index (χ0v) is 14.6. The van der Waals surface area contributed by atoms with E-state index in [2.05, 4.69) is 19.9 Å². The number of nitrogens with one attached hydrogen (secondary N) is 2. The van der Waals surface area contributed by atoms with Crippen LogP contribution in [0, 0.1) is 13.8 Å². The fourth-order valence-corrected chi connectivity index (χ4v) is 4.78. The highest BCUT2D eigenvalue weighted by molar-refractivity contribution is 7.89. The standard InChI is InChI=1S/C16H22N4O3S/c1-11-16(12(2)19-18-11)24(21,22)20-13-6-8-14(9-7-13)23-15-5-3-4-10-17-15/h3-5,10,13-14,20H,6-9H2,1-2H3,(H,18,19). The van der Waals surface area contributed by atoms with Gasteiger partial charge in [0, 0.05) is 18.3 Å². The normalized spacial score (nSPS) is 21.6. The van der Waals surface area contributed by atoms with Crippen molar-refractivity contribution in [3.8, 4) is 5.88 Å². The molecule has 8 heteroatoms. The minimum absolute atomic E-state index is 0.0766. The number of rotatable bonds is 5. The van der Waals surface area contributed by atoms with Crippen LogP contribution in [0.25, 0.3) is 0 Å². The van der Waals surface area contributed by atoms with Crippen LogP contribution in [0.15, 0.2) is 29.3 Å². The number of H-pyrrole nitrogens is 1. The van der Waals surface area contributed by atoms with E-state index in [0.717, 1.165) is 25.7 Å². The zero-order valence-electron chi connectivity index (χ0n) is 13.8. The van der Waals surface area contributed by atoms with Crippen molar-refractivity contribution in [2.24, 2.45) is 0 Å². The highest BCUT2D eigenvalue weighted by Gasteiger charge is 2.29. The third-order valence-corrected chi connectivity index (χ3v) is 6.03. The number of sulfonamides is 1. The molecule has 0 unspecified atom stereocenters. The van der Waals surface area contributed by atoms with Crippen LogP contribution >= 0.6 is 0 Å². The number of ether oxygens (including phenoxy) is 1. The summed E-state index contributed by atoms with van der Waals surface area (Å²) in [6.07, 6.45) is 4.86. The van der Waals surface area contributed by atoms with Gasteiger partial charge in [-0.25, -0.2) is 18.1 Å². The van der Waals surface area contributed by atoms with Gasteiger partial charge in [0.15, 0.2) is 0 Å². The van der Waals surface area contributed by atoms with Gasteiger partial charge >= 0.3 is 0 Å². The van der Waals surface area contributed by atoms with E-state index < -0.39 is 10.0 Å². The van der Waals surface area contributed by atoms with Crippen molar-refractivity contribution in [3.05, 3.63) is 35.8 Å². The van der Waals surface area contributed by atoms with Crippen LogP contribution in [0.3, 0.4) is 0 Å². The summed E-state index contributed by atoms with van der Waals surface area (Å²) in [5.74, 6) is 0.617. The van der Waals surface area contributed by atoms with Crippen molar-refractivity contribution < 1.29 is 13.2 Å². The van der Waals surface area contributed by atoms with Gasteiger partial charge in [-0.2, -0.15) is 5.10 Å². The predicted octanol–water partition coefficient (Wildman–Crippen LogP) is 2.09. The van der Waals surface area contributed by atoms with E-state index in [-0.39, 0.29) is 17.0 Å². The maximum atomic E-state index is 12.6. The van der Waals surface area contributed by atoms with E-state index >= 15 is 0 Å². The molecule has 24 heavy (non-hydrogen) atoms. The SMILES string of the molecule is Cc1n[nH]c(C)c1S(=O)(=O)NC1CCC(Oc2ccccn2)CC1. The summed E-state index contributed by atoms with van der Waals surface area (Å²) in [5, 5.41) is 6.68. The summed E-state index contributed by atoms with van der Waals surface area (Å²) in [6.45, 7) is 3.40. The van der Waals surface area contributed by atoms with E-state index in [9.17, 15) is 8.42 Å². The molecule has 0 saturated heterocycles. The number of nitrogens with zero attached hydrogens (tertiary/aromatic N) is 2. The van der Waals surface area contributed by atoms with Crippen molar-refractivity contribution in [3.63, 3.8) is 0 Å². The van der Waals surface area contributed by atoms with Gasteiger partial charge in [-0.3, -0.25) is 5.10 Å². The Hall–Kier alpha value is -1.93. The summed E-state index contributed by atoms with van der Waals surface area (Å²) < 4.78 is 33.8. The van der Waals surface area contributed by atoms with Gasteiger partial charge in [0.2, 0.25) is 15.9 Å². The van der Waals surface area contributed by atoms with E-state index in [0.29, 0.717) is 17.3 Å². The van der Waals surface area contributed by atoms with Crippen LogP contribution in [0.4, 0.5) is 0 Å². The Morgan fingerprint density at radius 1 is 1.21 bits per heavy atom. The zero-order chi connectivity index (χ0) is 17.2. The lowest BCUT2D eigenvalue weighted by molar-refractivity contribution is 0.138. The quantitative estimate of drug-likeness (QED) is 0.860. The first kappa shape index (κ1) is 16.9. The molecule has 2 aromatic rings. The second-order valence-electron chi connectivity index (χ2n) is 6.14. The molecule has 0 aliphatic heterocycles. The highest BCUT2D eigenvalue weighted by atomic mass is 32.2. The Bertz CT molecular complexity index is 761. The number of aromatic amines is 1. The van der Waals surface area contributed by atoms with Crippen LogP contribution in [0.5, 0.6) is 5.88 Å². The molecule has 1 saturated carbocycles. The number of aromatic nitrogens is 3. The lowest BCUT2D eigenvalue weighted by Gasteiger charge is -2.29. The van der Waals surface area contributed by atoms with Gasteiger partial charge in [-0.05, 0) is 45.6 Å². The van der Waals surface area contributed by atoms with Crippen LogP contribution < -0.4 is 9.46 Å². The average Bonchev–Trinajstić information content (AvgIpc) is 2.90. The molecule has 130 valence electrons. The number of hydrogen-bond acceptors (Lipinski definition) is 5. The summed E-state index contributed by atoms with van der Waals surface area (Å²) in [7, 11) is -3.55. The van der Waals surface area contributed by atoms with Crippen LogP contribution in [0.2, 0.25) is 0 Å². The third kappa shape index (κ3) is 3.76. The Morgan fingerprint density at radius 2 is 1.96 bits per heavy atom. The first-order chi connectivity index (χ1) is 11.5. The molecular weight excluding hydrogens is 328 g/mol. The van der Waals surface area contributed by atoms with Crippen molar-refractivity contribution in [2.75, 3.05) is 0 Å². The largest absolute Gasteiger partial charge is 0.474 e. The van der Waals surface area contributed by atoms with Gasteiger partial charge in [0.05, 0.1) is 11.4 Å². The molecule has 3 rings (SSSR count). The van der Waals surface area contributed by atoms with Crippen molar-refractivity contribution in [1.82, 2.24) is 19.9 Å². The first-order valence-corrected chi connectivity index (χ1v) is 9.55. The van der Waals surface area contributed by atoms with E-state index in [1.54, 1.807) is 20.0 Å². The Balaban J connectivity index is 1.57. The molecule has 2 N–H and O–H groups in total. The predicted molar refractivity (Wildman–Crippen MR) is 89.3 cm³/mol. The molecular formula is C16H22N4O3S. The minimum atomic E-state index is -3.55. The molecule has 0 radical (unpaired) electrons. The van der Waals surface area contributed by atoms with Crippen LogP contribution in [0.1, 0.15) is 37.1 Å².